The molecule has 1 aromatic heterocycles. The van der Waals surface area contributed by atoms with Crippen LogP contribution in [-0.4, -0.2) is 55.9 Å². The van der Waals surface area contributed by atoms with E-state index in [-0.39, 0.29) is 29.8 Å². The van der Waals surface area contributed by atoms with E-state index in [4.69, 9.17) is 0 Å². The number of carbonyl (C=O) groups is 2. The summed E-state index contributed by atoms with van der Waals surface area (Å²) in [6.07, 6.45) is 5.03. The molecule has 0 atom stereocenters. The van der Waals surface area contributed by atoms with Gasteiger partial charge in [0, 0.05) is 49.3 Å². The van der Waals surface area contributed by atoms with Gasteiger partial charge in [0.1, 0.15) is 0 Å². The predicted molar refractivity (Wildman–Crippen MR) is 137 cm³/mol. The second-order valence-electron chi connectivity index (χ2n) is 8.41. The first-order chi connectivity index (χ1) is 17.9. The number of benzene rings is 2. The molecule has 0 saturated carbocycles. The number of hydrogen-bond acceptors (Lipinski definition) is 9. The Morgan fingerprint density at radius 3 is 2.43 bits per heavy atom. The zero-order chi connectivity index (χ0) is 26.1. The Hall–Kier alpha value is -4.03. The first-order valence-corrected chi connectivity index (χ1v) is 13.3. The van der Waals surface area contributed by atoms with E-state index in [1.54, 1.807) is 47.6 Å². The molecular formula is C25H28N6O5S. The molecule has 1 saturated heterocycles. The predicted octanol–water partition coefficient (Wildman–Crippen LogP) is 2.11. The van der Waals surface area contributed by atoms with Gasteiger partial charge in [-0.3, -0.25) is 9.59 Å². The van der Waals surface area contributed by atoms with E-state index in [1.807, 2.05) is 18.2 Å². The topological polar surface area (TPSA) is 143 Å². The van der Waals surface area contributed by atoms with E-state index in [9.17, 15) is 18.0 Å². The number of piperidine rings is 1. The van der Waals surface area contributed by atoms with Crippen molar-refractivity contribution in [2.24, 2.45) is 0 Å². The number of nitrogens with zero attached hydrogens (tertiary/aromatic N) is 3. The molecule has 4 rings (SSSR count). The van der Waals surface area contributed by atoms with Crippen LogP contribution >= 0.6 is 0 Å². The van der Waals surface area contributed by atoms with Crippen molar-refractivity contribution in [3.05, 3.63) is 78.6 Å². The molecule has 1 fully saturated rings. The summed E-state index contributed by atoms with van der Waals surface area (Å²) < 4.78 is 24.2. The van der Waals surface area contributed by atoms with E-state index in [1.165, 1.54) is 12.1 Å². The van der Waals surface area contributed by atoms with Gasteiger partial charge in [0.05, 0.1) is 11.3 Å². The number of hydrogen-bond donors (Lipinski definition) is 3. The molecule has 3 N–H and O–H groups in total. The lowest BCUT2D eigenvalue weighted by Gasteiger charge is -2.34. The summed E-state index contributed by atoms with van der Waals surface area (Å²) in [5.41, 5.74) is 1.41. The molecule has 194 valence electrons. The van der Waals surface area contributed by atoms with Crippen LogP contribution in [0.5, 0.6) is 0 Å². The SMILES string of the molecule is O=C(CCNC(=O)c1cccc(N2CCC(Nc3ncccn3)CC2)c1)ONS(=O)(=O)c1ccccc1. The van der Waals surface area contributed by atoms with Gasteiger partial charge in [-0.05, 0) is 54.1 Å². The molecule has 0 aliphatic carbocycles. The third-order valence-electron chi connectivity index (χ3n) is 5.80. The lowest BCUT2D eigenvalue weighted by atomic mass is 10.0. The number of anilines is 2. The fourth-order valence-electron chi connectivity index (χ4n) is 3.86. The number of sulfonamides is 1. The normalized spacial score (nSPS) is 14.1. The lowest BCUT2D eigenvalue weighted by molar-refractivity contribution is -0.146. The van der Waals surface area contributed by atoms with Crippen molar-refractivity contribution < 1.29 is 22.8 Å². The molecule has 0 radical (unpaired) electrons. The fourth-order valence-corrected chi connectivity index (χ4v) is 4.68. The Morgan fingerprint density at radius 2 is 1.70 bits per heavy atom. The molecule has 0 spiro atoms. The third kappa shape index (κ3) is 7.48. The van der Waals surface area contributed by atoms with Gasteiger partial charge in [-0.1, -0.05) is 24.3 Å². The highest BCUT2D eigenvalue weighted by Crippen LogP contribution is 2.22. The van der Waals surface area contributed by atoms with Crippen LogP contribution < -0.4 is 20.4 Å². The molecule has 2 aromatic carbocycles. The smallest absolute Gasteiger partial charge is 0.327 e. The standard InChI is InChI=1S/C25H28N6O5S/c32-23(36-30-37(34,35)22-8-2-1-3-9-22)10-15-26-24(33)19-6-4-7-21(18-19)31-16-11-20(12-17-31)29-25-27-13-5-14-28-25/h1-9,13-14,18,20,30H,10-12,15-17H2,(H,26,33)(H,27,28,29). The quantitative estimate of drug-likeness (QED) is 0.340. The maximum atomic E-state index is 12.6. The van der Waals surface area contributed by atoms with Crippen molar-refractivity contribution in [1.29, 1.82) is 0 Å². The summed E-state index contributed by atoms with van der Waals surface area (Å²) in [6, 6.07) is 16.9. The Bertz CT molecular complexity index is 1300. The second-order valence-corrected chi connectivity index (χ2v) is 10.1. The average Bonchev–Trinajstić information content (AvgIpc) is 2.93. The van der Waals surface area contributed by atoms with Crippen LogP contribution in [0, 0.1) is 0 Å². The van der Waals surface area contributed by atoms with E-state index >= 15 is 0 Å². The van der Waals surface area contributed by atoms with E-state index in [0.29, 0.717) is 11.5 Å². The van der Waals surface area contributed by atoms with Crippen LogP contribution in [0.1, 0.15) is 29.6 Å². The van der Waals surface area contributed by atoms with Gasteiger partial charge < -0.3 is 20.4 Å². The van der Waals surface area contributed by atoms with Gasteiger partial charge in [-0.15, -0.1) is 0 Å². The van der Waals surface area contributed by atoms with E-state index < -0.39 is 16.0 Å². The van der Waals surface area contributed by atoms with Crippen molar-refractivity contribution in [1.82, 2.24) is 20.2 Å². The van der Waals surface area contributed by atoms with E-state index in [2.05, 4.69) is 30.3 Å². The number of rotatable bonds is 10. The van der Waals surface area contributed by atoms with Crippen LogP contribution in [0.3, 0.4) is 0 Å². The minimum absolute atomic E-state index is 0.00637. The molecule has 2 heterocycles. The molecule has 12 heteroatoms. The number of carbonyl (C=O) groups excluding carboxylic acids is 2. The molecule has 0 bridgehead atoms. The van der Waals surface area contributed by atoms with Gasteiger partial charge >= 0.3 is 5.97 Å². The summed E-state index contributed by atoms with van der Waals surface area (Å²) >= 11 is 0. The third-order valence-corrected chi connectivity index (χ3v) is 7.00. The van der Waals surface area contributed by atoms with Gasteiger partial charge in [-0.25, -0.2) is 18.4 Å². The summed E-state index contributed by atoms with van der Waals surface area (Å²) in [5.74, 6) is -0.527. The maximum Gasteiger partial charge on any atom is 0.327 e. The minimum Gasteiger partial charge on any atom is -0.371 e. The van der Waals surface area contributed by atoms with Crippen LogP contribution in [0.2, 0.25) is 0 Å². The highest BCUT2D eigenvalue weighted by molar-refractivity contribution is 7.89. The van der Waals surface area contributed by atoms with Crippen LogP contribution in [0.25, 0.3) is 0 Å². The van der Waals surface area contributed by atoms with Gasteiger partial charge in [0.15, 0.2) is 0 Å². The van der Waals surface area contributed by atoms with Gasteiger partial charge in [0.2, 0.25) is 5.95 Å². The Kier molecular flexibility index (Phi) is 8.64. The highest BCUT2D eigenvalue weighted by atomic mass is 32.2. The summed E-state index contributed by atoms with van der Waals surface area (Å²) in [6.45, 7) is 1.63. The van der Waals surface area contributed by atoms with Crippen molar-refractivity contribution in [3.8, 4) is 0 Å². The van der Waals surface area contributed by atoms with Crippen molar-refractivity contribution in [3.63, 3.8) is 0 Å². The Balaban J connectivity index is 1.21. The largest absolute Gasteiger partial charge is 0.371 e. The maximum absolute atomic E-state index is 12.6. The average molecular weight is 525 g/mol. The Morgan fingerprint density at radius 1 is 0.973 bits per heavy atom. The van der Waals surface area contributed by atoms with Crippen LogP contribution in [0.4, 0.5) is 11.6 Å². The zero-order valence-electron chi connectivity index (χ0n) is 20.0. The number of nitrogens with one attached hydrogen (secondary N) is 3. The molecule has 0 unspecified atom stereocenters. The summed E-state index contributed by atoms with van der Waals surface area (Å²) in [7, 11) is -3.97. The first-order valence-electron chi connectivity index (χ1n) is 11.8. The Labute approximate surface area is 215 Å². The fraction of sp³-hybridized carbons (Fsp3) is 0.280. The molecule has 1 aliphatic heterocycles. The van der Waals surface area contributed by atoms with Crippen molar-refractivity contribution in [2.75, 3.05) is 29.9 Å². The van der Waals surface area contributed by atoms with Gasteiger partial charge in [-0.2, -0.15) is 0 Å². The summed E-state index contributed by atoms with van der Waals surface area (Å²) in [4.78, 5) is 41.6. The molecule has 1 aliphatic rings. The minimum atomic E-state index is -3.97. The molecular weight excluding hydrogens is 496 g/mol. The second kappa shape index (κ2) is 12.3. The zero-order valence-corrected chi connectivity index (χ0v) is 20.9. The van der Waals surface area contributed by atoms with Crippen molar-refractivity contribution >= 4 is 33.5 Å². The van der Waals surface area contributed by atoms with Crippen LogP contribution in [0.15, 0.2) is 78.0 Å². The van der Waals surface area contributed by atoms with E-state index in [0.717, 1.165) is 31.6 Å². The highest BCUT2D eigenvalue weighted by Gasteiger charge is 2.21. The molecule has 37 heavy (non-hydrogen) atoms. The molecule has 11 nitrogen and oxygen atoms in total. The van der Waals surface area contributed by atoms with Crippen LogP contribution in [-0.2, 0) is 19.7 Å². The number of aromatic nitrogens is 2. The molecule has 3 aromatic rings. The molecule has 1 amide bonds. The first kappa shape index (κ1) is 26.0. The monoisotopic (exact) mass is 524 g/mol. The summed E-state index contributed by atoms with van der Waals surface area (Å²) in [5, 5.41) is 6.02. The van der Waals surface area contributed by atoms with Crippen molar-refractivity contribution in [2.45, 2.75) is 30.2 Å². The van der Waals surface area contributed by atoms with Gasteiger partial charge in [0.25, 0.3) is 15.9 Å². The lowest BCUT2D eigenvalue weighted by Crippen LogP contribution is -2.39. The number of amides is 1.